The van der Waals surface area contributed by atoms with Crippen LogP contribution in [0.25, 0.3) is 0 Å². The molecular formula is C12H13F4N. The number of benzene rings is 1. The Morgan fingerprint density at radius 3 is 2.47 bits per heavy atom. The Hall–Kier alpha value is -1.36. The van der Waals surface area contributed by atoms with Gasteiger partial charge in [-0.15, -0.1) is 6.58 Å². The highest BCUT2D eigenvalue weighted by Gasteiger charge is 2.35. The number of nitrogens with two attached hydrogens (primary N) is 1. The van der Waals surface area contributed by atoms with Crippen LogP contribution in [0.3, 0.4) is 0 Å². The van der Waals surface area contributed by atoms with Crippen molar-refractivity contribution in [3.8, 4) is 0 Å². The SMILES string of the molecule is C=C(C)C[C@@H](N)c1c(F)cccc1C(F)(F)F. The van der Waals surface area contributed by atoms with E-state index in [0.717, 1.165) is 18.2 Å². The van der Waals surface area contributed by atoms with Crippen LogP contribution in [0.5, 0.6) is 0 Å². The van der Waals surface area contributed by atoms with E-state index in [-0.39, 0.29) is 6.42 Å². The van der Waals surface area contributed by atoms with Crippen molar-refractivity contribution in [1.82, 2.24) is 0 Å². The molecule has 1 aromatic carbocycles. The third-order valence-corrected chi connectivity index (χ3v) is 2.30. The highest BCUT2D eigenvalue weighted by molar-refractivity contribution is 5.34. The van der Waals surface area contributed by atoms with E-state index in [1.165, 1.54) is 0 Å². The molecule has 2 N–H and O–H groups in total. The molecule has 0 amide bonds. The summed E-state index contributed by atoms with van der Waals surface area (Å²) in [6.07, 6.45) is -4.49. The lowest BCUT2D eigenvalue weighted by Gasteiger charge is -2.19. The van der Waals surface area contributed by atoms with Crippen LogP contribution in [-0.2, 0) is 6.18 Å². The maximum atomic E-state index is 13.5. The summed E-state index contributed by atoms with van der Waals surface area (Å²) in [4.78, 5) is 0. The van der Waals surface area contributed by atoms with Gasteiger partial charge in [0, 0.05) is 11.6 Å². The van der Waals surface area contributed by atoms with Gasteiger partial charge in [0.1, 0.15) is 5.82 Å². The fourth-order valence-electron chi connectivity index (χ4n) is 1.64. The minimum Gasteiger partial charge on any atom is -0.324 e. The molecule has 0 fully saturated rings. The third kappa shape index (κ3) is 3.30. The zero-order valence-electron chi connectivity index (χ0n) is 9.31. The minimum absolute atomic E-state index is 0.115. The molecule has 1 atom stereocenters. The molecule has 0 saturated carbocycles. The van der Waals surface area contributed by atoms with Crippen molar-refractivity contribution in [2.45, 2.75) is 25.6 Å². The largest absolute Gasteiger partial charge is 0.416 e. The van der Waals surface area contributed by atoms with Gasteiger partial charge in [0.25, 0.3) is 0 Å². The van der Waals surface area contributed by atoms with E-state index in [0.29, 0.717) is 5.57 Å². The summed E-state index contributed by atoms with van der Waals surface area (Å²) in [5.41, 5.74) is 4.68. The Labute approximate surface area is 96.9 Å². The smallest absolute Gasteiger partial charge is 0.324 e. The normalized spacial score (nSPS) is 13.5. The van der Waals surface area contributed by atoms with Crippen LogP contribution >= 0.6 is 0 Å². The molecule has 0 aliphatic heterocycles. The summed E-state index contributed by atoms with van der Waals surface area (Å²) in [5.74, 6) is -0.937. The summed E-state index contributed by atoms with van der Waals surface area (Å²) in [6.45, 7) is 5.19. The lowest BCUT2D eigenvalue weighted by molar-refractivity contribution is -0.138. The van der Waals surface area contributed by atoms with E-state index < -0.39 is 29.2 Å². The van der Waals surface area contributed by atoms with Crippen molar-refractivity contribution in [3.63, 3.8) is 0 Å². The van der Waals surface area contributed by atoms with E-state index in [2.05, 4.69) is 6.58 Å². The lowest BCUT2D eigenvalue weighted by Crippen LogP contribution is -2.19. The Bertz CT molecular complexity index is 423. The molecule has 1 nitrogen and oxygen atoms in total. The van der Waals surface area contributed by atoms with Gasteiger partial charge in [-0.1, -0.05) is 11.6 Å². The zero-order chi connectivity index (χ0) is 13.2. The molecule has 94 valence electrons. The highest BCUT2D eigenvalue weighted by atomic mass is 19.4. The van der Waals surface area contributed by atoms with Gasteiger partial charge in [-0.3, -0.25) is 0 Å². The second-order valence-corrected chi connectivity index (χ2v) is 3.97. The molecule has 0 unspecified atom stereocenters. The fourth-order valence-corrected chi connectivity index (χ4v) is 1.64. The van der Waals surface area contributed by atoms with Crippen molar-refractivity contribution < 1.29 is 17.6 Å². The predicted octanol–water partition coefficient (Wildman–Crippen LogP) is 3.81. The first-order valence-electron chi connectivity index (χ1n) is 4.99. The van der Waals surface area contributed by atoms with Gasteiger partial charge >= 0.3 is 6.18 Å². The molecule has 1 aromatic rings. The first-order chi connectivity index (χ1) is 7.73. The van der Waals surface area contributed by atoms with Crippen molar-refractivity contribution in [1.29, 1.82) is 0 Å². The highest BCUT2D eigenvalue weighted by Crippen LogP contribution is 2.36. The van der Waals surface area contributed by atoms with Gasteiger partial charge in [-0.05, 0) is 25.5 Å². The van der Waals surface area contributed by atoms with E-state index >= 15 is 0 Å². The van der Waals surface area contributed by atoms with E-state index in [9.17, 15) is 17.6 Å². The van der Waals surface area contributed by atoms with Gasteiger partial charge in [-0.25, -0.2) is 4.39 Å². The van der Waals surface area contributed by atoms with Crippen LogP contribution in [0.1, 0.15) is 30.5 Å². The zero-order valence-corrected chi connectivity index (χ0v) is 9.31. The van der Waals surface area contributed by atoms with Crippen LogP contribution in [0.15, 0.2) is 30.4 Å². The van der Waals surface area contributed by atoms with Crippen LogP contribution in [-0.4, -0.2) is 0 Å². The molecule has 1 rings (SSSR count). The first kappa shape index (κ1) is 13.7. The second kappa shape index (κ2) is 4.87. The minimum atomic E-state index is -4.61. The van der Waals surface area contributed by atoms with Gasteiger partial charge in [0.05, 0.1) is 5.56 Å². The number of alkyl halides is 3. The molecule has 17 heavy (non-hydrogen) atoms. The molecule has 0 bridgehead atoms. The topological polar surface area (TPSA) is 26.0 Å². The molecule has 0 aromatic heterocycles. The van der Waals surface area contributed by atoms with Crippen LogP contribution in [0, 0.1) is 5.82 Å². The Kier molecular flexibility index (Phi) is 3.93. The maximum Gasteiger partial charge on any atom is 0.416 e. The van der Waals surface area contributed by atoms with Gasteiger partial charge in [0.2, 0.25) is 0 Å². The number of halogens is 4. The van der Waals surface area contributed by atoms with Gasteiger partial charge < -0.3 is 5.73 Å². The van der Waals surface area contributed by atoms with Gasteiger partial charge in [0.15, 0.2) is 0 Å². The maximum absolute atomic E-state index is 13.5. The lowest BCUT2D eigenvalue weighted by atomic mass is 9.95. The molecule has 0 heterocycles. The monoisotopic (exact) mass is 247 g/mol. The van der Waals surface area contributed by atoms with Gasteiger partial charge in [-0.2, -0.15) is 13.2 Å². The van der Waals surface area contributed by atoms with E-state index in [1.807, 2.05) is 0 Å². The van der Waals surface area contributed by atoms with Crippen molar-refractivity contribution >= 4 is 0 Å². The average Bonchev–Trinajstić information content (AvgIpc) is 2.14. The molecule has 0 spiro atoms. The van der Waals surface area contributed by atoms with Crippen LogP contribution in [0.2, 0.25) is 0 Å². The average molecular weight is 247 g/mol. The van der Waals surface area contributed by atoms with Crippen LogP contribution < -0.4 is 5.73 Å². The summed E-state index contributed by atoms with van der Waals surface area (Å²) in [5, 5.41) is 0. The van der Waals surface area contributed by atoms with E-state index in [4.69, 9.17) is 5.73 Å². The van der Waals surface area contributed by atoms with Crippen molar-refractivity contribution in [3.05, 3.63) is 47.3 Å². The molecule has 0 aliphatic rings. The molecule has 0 saturated heterocycles. The van der Waals surface area contributed by atoms with Crippen molar-refractivity contribution in [2.24, 2.45) is 5.73 Å². The van der Waals surface area contributed by atoms with Crippen molar-refractivity contribution in [2.75, 3.05) is 0 Å². The third-order valence-electron chi connectivity index (χ3n) is 2.30. The Morgan fingerprint density at radius 2 is 2.00 bits per heavy atom. The first-order valence-corrected chi connectivity index (χ1v) is 4.99. The van der Waals surface area contributed by atoms with Crippen LogP contribution in [0.4, 0.5) is 17.6 Å². The Balaban J connectivity index is 3.25. The second-order valence-electron chi connectivity index (χ2n) is 3.97. The fraction of sp³-hybridized carbons (Fsp3) is 0.333. The Morgan fingerprint density at radius 1 is 1.41 bits per heavy atom. The predicted molar refractivity (Wildman–Crippen MR) is 57.8 cm³/mol. The molecular weight excluding hydrogens is 234 g/mol. The number of hydrogen-bond acceptors (Lipinski definition) is 1. The summed E-state index contributed by atoms with van der Waals surface area (Å²) in [7, 11) is 0. The quantitative estimate of drug-likeness (QED) is 0.638. The van der Waals surface area contributed by atoms with E-state index in [1.54, 1.807) is 6.92 Å². The summed E-state index contributed by atoms with van der Waals surface area (Å²) >= 11 is 0. The summed E-state index contributed by atoms with van der Waals surface area (Å²) < 4.78 is 51.5. The molecule has 0 radical (unpaired) electrons. The standard InChI is InChI=1S/C12H13F4N/c1-7(2)6-10(17)11-8(12(14,15)16)4-3-5-9(11)13/h3-5,10H,1,6,17H2,2H3/t10-/m1/s1. The number of rotatable bonds is 3. The summed E-state index contributed by atoms with van der Waals surface area (Å²) in [6, 6.07) is 1.79. The molecule has 0 aliphatic carbocycles. The number of hydrogen-bond donors (Lipinski definition) is 1. The molecule has 5 heteroatoms.